The number of hydrogen-bond donors (Lipinski definition) is 3. The molecule has 0 atom stereocenters. The summed E-state index contributed by atoms with van der Waals surface area (Å²) in [5, 5.41) is 2.62. The van der Waals surface area contributed by atoms with Crippen LogP contribution in [0.4, 0.5) is 11.5 Å². The first-order chi connectivity index (χ1) is 9.15. The number of aliphatic imine (C=N–C) groups is 1. The zero-order valence-electron chi connectivity index (χ0n) is 9.95. The van der Waals surface area contributed by atoms with Gasteiger partial charge in [0.1, 0.15) is 0 Å². The number of anilines is 1. The Kier molecular flexibility index (Phi) is 3.67. The molecular formula is C12H12N6O. The predicted molar refractivity (Wildman–Crippen MR) is 71.9 cm³/mol. The predicted octanol–water partition coefficient (Wildman–Crippen LogP) is 0.634. The van der Waals surface area contributed by atoms with Crippen LogP contribution in [0.5, 0.6) is 0 Å². The highest BCUT2D eigenvalue weighted by Gasteiger charge is 2.06. The largest absolute Gasteiger partial charge is 0.370 e. The number of benzene rings is 1. The van der Waals surface area contributed by atoms with Crippen LogP contribution in [0.15, 0.2) is 47.8 Å². The van der Waals surface area contributed by atoms with E-state index in [9.17, 15) is 4.79 Å². The molecule has 96 valence electrons. The minimum Gasteiger partial charge on any atom is -0.370 e. The molecule has 1 amide bonds. The van der Waals surface area contributed by atoms with Crippen molar-refractivity contribution in [3.05, 3.63) is 48.4 Å². The Balaban J connectivity index is 2.10. The molecular weight excluding hydrogens is 244 g/mol. The van der Waals surface area contributed by atoms with Gasteiger partial charge < -0.3 is 16.8 Å². The van der Waals surface area contributed by atoms with E-state index in [-0.39, 0.29) is 11.9 Å². The summed E-state index contributed by atoms with van der Waals surface area (Å²) < 4.78 is 0. The fraction of sp³-hybridized carbons (Fsp3) is 0. The third-order valence-electron chi connectivity index (χ3n) is 2.19. The highest BCUT2D eigenvalue weighted by Crippen LogP contribution is 2.13. The summed E-state index contributed by atoms with van der Waals surface area (Å²) in [6.07, 6.45) is 4.49. The first kappa shape index (κ1) is 12.5. The summed E-state index contributed by atoms with van der Waals surface area (Å²) in [7, 11) is 0. The Morgan fingerprint density at radius 1 is 1.16 bits per heavy atom. The van der Waals surface area contributed by atoms with Crippen molar-refractivity contribution in [3.63, 3.8) is 0 Å². The van der Waals surface area contributed by atoms with Gasteiger partial charge in [0, 0.05) is 18.0 Å². The normalized spacial score (nSPS) is 9.68. The van der Waals surface area contributed by atoms with Gasteiger partial charge in [0.15, 0.2) is 11.8 Å². The lowest BCUT2D eigenvalue weighted by Gasteiger charge is -2.03. The van der Waals surface area contributed by atoms with Crippen LogP contribution in [-0.2, 0) is 0 Å². The van der Waals surface area contributed by atoms with E-state index in [1.165, 1.54) is 18.6 Å². The molecule has 0 unspecified atom stereocenters. The Morgan fingerprint density at radius 2 is 1.89 bits per heavy atom. The van der Waals surface area contributed by atoms with Gasteiger partial charge >= 0.3 is 0 Å². The van der Waals surface area contributed by atoms with Gasteiger partial charge in [-0.3, -0.25) is 9.78 Å². The van der Waals surface area contributed by atoms with E-state index in [0.29, 0.717) is 17.1 Å². The van der Waals surface area contributed by atoms with Crippen LogP contribution in [-0.4, -0.2) is 21.8 Å². The minimum absolute atomic E-state index is 0.0308. The van der Waals surface area contributed by atoms with Gasteiger partial charge in [-0.1, -0.05) is 0 Å². The van der Waals surface area contributed by atoms with E-state index in [4.69, 9.17) is 11.5 Å². The minimum atomic E-state index is -0.281. The molecule has 0 saturated heterocycles. The van der Waals surface area contributed by atoms with E-state index in [1.54, 1.807) is 24.3 Å². The van der Waals surface area contributed by atoms with Gasteiger partial charge in [-0.15, -0.1) is 0 Å². The van der Waals surface area contributed by atoms with Crippen molar-refractivity contribution in [2.24, 2.45) is 16.5 Å². The van der Waals surface area contributed by atoms with Crippen molar-refractivity contribution in [1.29, 1.82) is 0 Å². The Labute approximate surface area is 109 Å². The van der Waals surface area contributed by atoms with Crippen LogP contribution in [0, 0.1) is 0 Å². The quantitative estimate of drug-likeness (QED) is 0.549. The molecule has 7 nitrogen and oxygen atoms in total. The second-order valence-corrected chi connectivity index (χ2v) is 3.63. The van der Waals surface area contributed by atoms with E-state index in [2.05, 4.69) is 20.3 Å². The molecule has 0 spiro atoms. The molecule has 19 heavy (non-hydrogen) atoms. The second-order valence-electron chi connectivity index (χ2n) is 3.63. The van der Waals surface area contributed by atoms with E-state index < -0.39 is 0 Å². The van der Waals surface area contributed by atoms with Crippen molar-refractivity contribution in [2.45, 2.75) is 0 Å². The van der Waals surface area contributed by atoms with Crippen LogP contribution in [0.3, 0.4) is 0 Å². The van der Waals surface area contributed by atoms with Crippen LogP contribution in [0.1, 0.15) is 10.4 Å². The molecule has 0 fully saturated rings. The monoisotopic (exact) mass is 256 g/mol. The molecule has 2 rings (SSSR count). The maximum atomic E-state index is 11.9. The number of aromatic nitrogens is 2. The lowest BCUT2D eigenvalue weighted by Crippen LogP contribution is -2.21. The number of hydrogen-bond acceptors (Lipinski definition) is 4. The summed E-state index contributed by atoms with van der Waals surface area (Å²) in [5.41, 5.74) is 11.6. The topological polar surface area (TPSA) is 119 Å². The van der Waals surface area contributed by atoms with Gasteiger partial charge in [0.2, 0.25) is 0 Å². The summed E-state index contributed by atoms with van der Waals surface area (Å²) >= 11 is 0. The first-order valence-corrected chi connectivity index (χ1v) is 5.42. The van der Waals surface area contributed by atoms with Crippen LogP contribution in [0.25, 0.3) is 0 Å². The highest BCUT2D eigenvalue weighted by atomic mass is 16.1. The van der Waals surface area contributed by atoms with Crippen LogP contribution >= 0.6 is 0 Å². The first-order valence-electron chi connectivity index (χ1n) is 5.42. The summed E-state index contributed by atoms with van der Waals surface area (Å²) in [4.78, 5) is 23.6. The number of rotatable bonds is 3. The van der Waals surface area contributed by atoms with Gasteiger partial charge in [-0.2, -0.15) is 0 Å². The Bertz CT molecular complexity index is 589. The van der Waals surface area contributed by atoms with E-state index in [0.717, 1.165) is 0 Å². The number of nitrogens with one attached hydrogen (secondary N) is 1. The third-order valence-corrected chi connectivity index (χ3v) is 2.19. The maximum absolute atomic E-state index is 11.9. The summed E-state index contributed by atoms with van der Waals surface area (Å²) in [6.45, 7) is 0. The van der Waals surface area contributed by atoms with Crippen molar-refractivity contribution in [1.82, 2.24) is 9.97 Å². The molecule has 0 saturated carbocycles. The molecule has 2 aromatic rings. The number of guanidine groups is 1. The van der Waals surface area contributed by atoms with Crippen molar-refractivity contribution in [3.8, 4) is 0 Å². The van der Waals surface area contributed by atoms with Crippen LogP contribution < -0.4 is 16.8 Å². The van der Waals surface area contributed by atoms with Gasteiger partial charge in [0.05, 0.1) is 11.9 Å². The molecule has 0 aliphatic heterocycles. The number of carbonyl (C=O) groups is 1. The molecule has 0 aliphatic rings. The lowest BCUT2D eigenvalue weighted by atomic mass is 10.2. The molecule has 0 radical (unpaired) electrons. The maximum Gasteiger partial charge on any atom is 0.256 e. The highest BCUT2D eigenvalue weighted by molar-refractivity contribution is 6.03. The molecule has 1 aromatic carbocycles. The fourth-order valence-electron chi connectivity index (χ4n) is 1.39. The third kappa shape index (κ3) is 3.50. The molecule has 0 bridgehead atoms. The van der Waals surface area contributed by atoms with Gasteiger partial charge in [0.25, 0.3) is 5.91 Å². The molecule has 5 N–H and O–H groups in total. The number of nitrogens with two attached hydrogens (primary N) is 2. The zero-order chi connectivity index (χ0) is 13.7. The van der Waals surface area contributed by atoms with Crippen LogP contribution in [0.2, 0.25) is 0 Å². The Hall–Kier alpha value is -2.96. The standard InChI is InChI=1S/C12H12N6O/c13-12(14)17-9-3-1-8(2-4-9)11(19)18-10-7-15-5-6-16-10/h1-7H,(H4,13,14,17)(H,16,18,19). The zero-order valence-corrected chi connectivity index (χ0v) is 9.95. The Morgan fingerprint density at radius 3 is 2.47 bits per heavy atom. The smallest absolute Gasteiger partial charge is 0.256 e. The molecule has 1 heterocycles. The summed E-state index contributed by atoms with van der Waals surface area (Å²) in [6, 6.07) is 6.53. The molecule has 7 heteroatoms. The second kappa shape index (κ2) is 5.58. The van der Waals surface area contributed by atoms with Crippen molar-refractivity contribution >= 4 is 23.4 Å². The summed E-state index contributed by atoms with van der Waals surface area (Å²) in [5.74, 6) is 0.0781. The fourth-order valence-corrected chi connectivity index (χ4v) is 1.39. The van der Waals surface area contributed by atoms with E-state index in [1.807, 2.05) is 0 Å². The number of nitrogens with zero attached hydrogens (tertiary/aromatic N) is 3. The van der Waals surface area contributed by atoms with Crippen molar-refractivity contribution in [2.75, 3.05) is 5.32 Å². The SMILES string of the molecule is NC(N)=Nc1ccc(C(=O)Nc2cnccn2)cc1. The van der Waals surface area contributed by atoms with Gasteiger partial charge in [-0.25, -0.2) is 9.98 Å². The lowest BCUT2D eigenvalue weighted by molar-refractivity contribution is 0.102. The number of carbonyl (C=O) groups excluding carboxylic acids is 1. The van der Waals surface area contributed by atoms with Gasteiger partial charge in [-0.05, 0) is 24.3 Å². The average Bonchev–Trinajstić information content (AvgIpc) is 2.40. The van der Waals surface area contributed by atoms with E-state index >= 15 is 0 Å². The number of amides is 1. The average molecular weight is 256 g/mol. The molecule has 1 aromatic heterocycles. The molecule has 0 aliphatic carbocycles. The van der Waals surface area contributed by atoms with Crippen molar-refractivity contribution < 1.29 is 4.79 Å².